The molecule has 0 aromatic heterocycles. The highest BCUT2D eigenvalue weighted by Gasteiger charge is 2.35. The van der Waals surface area contributed by atoms with Gasteiger partial charge in [-0.1, -0.05) is 73.4 Å². The van der Waals surface area contributed by atoms with Crippen molar-refractivity contribution < 1.29 is 22.4 Å². The fourth-order valence-corrected chi connectivity index (χ4v) is 5.99. The summed E-state index contributed by atoms with van der Waals surface area (Å²) in [5, 5.41) is 3.36. The number of sulfonamides is 1. The topological polar surface area (TPSA) is 86.8 Å². The summed E-state index contributed by atoms with van der Waals surface area (Å²) in [6.07, 6.45) is 0.914. The number of hydrogen-bond donors (Lipinski definition) is 1. The van der Waals surface area contributed by atoms with Gasteiger partial charge in [-0.25, -0.2) is 12.8 Å². The predicted molar refractivity (Wildman–Crippen MR) is 152 cm³/mol. The number of amides is 2. The van der Waals surface area contributed by atoms with Crippen LogP contribution in [0.15, 0.2) is 77.7 Å². The van der Waals surface area contributed by atoms with E-state index in [1.165, 1.54) is 47.4 Å². The number of rotatable bonds is 12. The van der Waals surface area contributed by atoms with E-state index in [2.05, 4.69) is 5.32 Å². The number of benzene rings is 3. The number of halogens is 3. The van der Waals surface area contributed by atoms with Crippen LogP contribution in [0.4, 0.5) is 10.1 Å². The van der Waals surface area contributed by atoms with Crippen LogP contribution in [-0.2, 0) is 26.2 Å². The third-order valence-electron chi connectivity index (χ3n) is 6.06. The van der Waals surface area contributed by atoms with E-state index in [1.807, 2.05) is 6.92 Å². The van der Waals surface area contributed by atoms with Gasteiger partial charge in [0.2, 0.25) is 11.8 Å². The molecule has 0 aliphatic heterocycles. The van der Waals surface area contributed by atoms with Gasteiger partial charge in [-0.3, -0.25) is 13.9 Å². The van der Waals surface area contributed by atoms with Crippen molar-refractivity contribution in [3.8, 4) is 0 Å². The van der Waals surface area contributed by atoms with Gasteiger partial charge in [-0.15, -0.1) is 0 Å². The first-order valence-corrected chi connectivity index (χ1v) is 14.6. The minimum Gasteiger partial charge on any atom is -0.354 e. The lowest BCUT2D eigenvalue weighted by Crippen LogP contribution is -2.52. The Morgan fingerprint density at radius 3 is 2.13 bits per heavy atom. The van der Waals surface area contributed by atoms with Gasteiger partial charge >= 0.3 is 0 Å². The molecule has 3 aromatic rings. The van der Waals surface area contributed by atoms with E-state index in [0.717, 1.165) is 10.4 Å². The first kappa shape index (κ1) is 30.4. The summed E-state index contributed by atoms with van der Waals surface area (Å²) in [5.41, 5.74) is 0.105. The van der Waals surface area contributed by atoms with Gasteiger partial charge in [0.05, 0.1) is 10.6 Å². The maximum Gasteiger partial charge on any atom is 0.264 e. The molecule has 0 fully saturated rings. The SMILES string of the molecule is CCCNC(=O)C(CC)N(Cc1c(Cl)cccc1Cl)C(=O)CN(c1ccccc1F)S(=O)(=O)c1ccccc1. The Balaban J connectivity index is 2.09. The number of carbonyl (C=O) groups is 2. The Morgan fingerprint density at radius 2 is 1.54 bits per heavy atom. The first-order valence-electron chi connectivity index (χ1n) is 12.4. The second-order valence-corrected chi connectivity index (χ2v) is 11.4. The maximum atomic E-state index is 15.0. The zero-order valence-corrected chi connectivity index (χ0v) is 23.9. The third kappa shape index (κ3) is 7.29. The molecule has 39 heavy (non-hydrogen) atoms. The molecule has 0 bridgehead atoms. The van der Waals surface area contributed by atoms with Crippen LogP contribution in [0.1, 0.15) is 32.3 Å². The molecule has 0 saturated carbocycles. The molecule has 0 saturated heterocycles. The summed E-state index contributed by atoms with van der Waals surface area (Å²) in [4.78, 5) is 28.2. The Kier molecular flexibility index (Phi) is 10.7. The van der Waals surface area contributed by atoms with Crippen molar-refractivity contribution in [2.24, 2.45) is 0 Å². The van der Waals surface area contributed by atoms with Crippen LogP contribution in [-0.4, -0.2) is 44.3 Å². The van der Waals surface area contributed by atoms with E-state index < -0.39 is 40.2 Å². The van der Waals surface area contributed by atoms with Crippen molar-refractivity contribution in [2.75, 3.05) is 17.4 Å². The van der Waals surface area contributed by atoms with E-state index in [-0.39, 0.29) is 33.6 Å². The van der Waals surface area contributed by atoms with Gasteiger partial charge in [-0.05, 0) is 49.2 Å². The number of nitrogens with one attached hydrogen (secondary N) is 1. The van der Waals surface area contributed by atoms with Crippen LogP contribution in [0.3, 0.4) is 0 Å². The standard InChI is InChI=1S/C28H30Cl2FN3O4S/c1-3-17-32-28(36)25(4-2)33(18-21-22(29)13-10-14-23(21)30)27(35)19-34(26-16-9-8-15-24(26)31)39(37,38)20-11-6-5-7-12-20/h5-16,25H,3-4,17-19H2,1-2H3,(H,32,36). The molecule has 0 radical (unpaired) electrons. The molecule has 3 aromatic carbocycles. The van der Waals surface area contributed by atoms with Gasteiger partial charge in [0.25, 0.3) is 10.0 Å². The second kappa shape index (κ2) is 13.8. The summed E-state index contributed by atoms with van der Waals surface area (Å²) in [5.74, 6) is -1.95. The highest BCUT2D eigenvalue weighted by atomic mass is 35.5. The monoisotopic (exact) mass is 593 g/mol. The van der Waals surface area contributed by atoms with Crippen LogP contribution in [0, 0.1) is 5.82 Å². The van der Waals surface area contributed by atoms with E-state index in [4.69, 9.17) is 23.2 Å². The van der Waals surface area contributed by atoms with Gasteiger partial charge < -0.3 is 10.2 Å². The lowest BCUT2D eigenvalue weighted by atomic mass is 10.1. The Bertz CT molecular complexity index is 1390. The Hall–Kier alpha value is -3.14. The molecule has 1 atom stereocenters. The minimum atomic E-state index is -4.37. The quantitative estimate of drug-likeness (QED) is 0.293. The number of nitrogens with zero attached hydrogens (tertiary/aromatic N) is 2. The fraction of sp³-hybridized carbons (Fsp3) is 0.286. The Morgan fingerprint density at radius 1 is 0.923 bits per heavy atom. The largest absolute Gasteiger partial charge is 0.354 e. The van der Waals surface area contributed by atoms with Crippen molar-refractivity contribution >= 4 is 50.7 Å². The predicted octanol–water partition coefficient (Wildman–Crippen LogP) is 5.66. The summed E-state index contributed by atoms with van der Waals surface area (Å²) in [7, 11) is -4.37. The average Bonchev–Trinajstić information content (AvgIpc) is 2.92. The molecule has 2 amide bonds. The van der Waals surface area contributed by atoms with Crippen LogP contribution >= 0.6 is 23.2 Å². The smallest absolute Gasteiger partial charge is 0.264 e. The molecular weight excluding hydrogens is 564 g/mol. The zero-order chi connectivity index (χ0) is 28.6. The molecule has 7 nitrogen and oxygen atoms in total. The molecule has 1 unspecified atom stereocenters. The summed E-state index contributed by atoms with van der Waals surface area (Å²) >= 11 is 12.8. The van der Waals surface area contributed by atoms with E-state index in [1.54, 1.807) is 31.2 Å². The van der Waals surface area contributed by atoms with Crippen molar-refractivity contribution in [2.45, 2.75) is 44.2 Å². The van der Waals surface area contributed by atoms with E-state index in [0.29, 0.717) is 18.5 Å². The Labute approximate surface area is 238 Å². The average molecular weight is 595 g/mol. The summed E-state index contributed by atoms with van der Waals surface area (Å²) in [6.45, 7) is 3.10. The first-order chi connectivity index (χ1) is 18.6. The highest BCUT2D eigenvalue weighted by molar-refractivity contribution is 7.92. The van der Waals surface area contributed by atoms with Crippen molar-refractivity contribution in [1.29, 1.82) is 0 Å². The van der Waals surface area contributed by atoms with Crippen molar-refractivity contribution in [3.05, 3.63) is 94.2 Å². The minimum absolute atomic E-state index is 0.116. The molecule has 0 heterocycles. The van der Waals surface area contributed by atoms with Crippen LogP contribution in [0.25, 0.3) is 0 Å². The van der Waals surface area contributed by atoms with Crippen molar-refractivity contribution in [1.82, 2.24) is 10.2 Å². The second-order valence-electron chi connectivity index (χ2n) is 8.71. The van der Waals surface area contributed by atoms with Crippen LogP contribution in [0.2, 0.25) is 10.0 Å². The lowest BCUT2D eigenvalue weighted by Gasteiger charge is -2.33. The zero-order valence-electron chi connectivity index (χ0n) is 21.6. The fourth-order valence-electron chi connectivity index (χ4n) is 4.03. The lowest BCUT2D eigenvalue weighted by molar-refractivity contribution is -0.140. The molecule has 11 heteroatoms. The number of carbonyl (C=O) groups excluding carboxylic acids is 2. The molecule has 1 N–H and O–H groups in total. The van der Waals surface area contributed by atoms with E-state index in [9.17, 15) is 22.4 Å². The third-order valence-corrected chi connectivity index (χ3v) is 8.54. The van der Waals surface area contributed by atoms with Crippen LogP contribution in [0.5, 0.6) is 0 Å². The summed E-state index contributed by atoms with van der Waals surface area (Å²) < 4.78 is 43.1. The van der Waals surface area contributed by atoms with E-state index >= 15 is 0 Å². The van der Waals surface area contributed by atoms with Crippen LogP contribution < -0.4 is 9.62 Å². The van der Waals surface area contributed by atoms with Gasteiger partial charge in [0.1, 0.15) is 18.4 Å². The summed E-state index contributed by atoms with van der Waals surface area (Å²) in [6, 6.07) is 16.6. The highest BCUT2D eigenvalue weighted by Crippen LogP contribution is 2.29. The normalized spacial score (nSPS) is 12.0. The van der Waals surface area contributed by atoms with Gasteiger partial charge in [-0.2, -0.15) is 0 Å². The number of para-hydroxylation sites is 1. The number of anilines is 1. The van der Waals surface area contributed by atoms with Crippen molar-refractivity contribution in [3.63, 3.8) is 0 Å². The molecule has 0 aliphatic rings. The van der Waals surface area contributed by atoms with Gasteiger partial charge in [0, 0.05) is 28.7 Å². The maximum absolute atomic E-state index is 15.0. The molecule has 0 aliphatic carbocycles. The van der Waals surface area contributed by atoms with Gasteiger partial charge in [0.15, 0.2) is 0 Å². The molecule has 3 rings (SSSR count). The molecule has 208 valence electrons. The molecule has 0 spiro atoms. The molecular formula is C28H30Cl2FN3O4S. The number of hydrogen-bond acceptors (Lipinski definition) is 4.